The number of hydrogen-bond donors (Lipinski definition) is 1. The molecule has 1 heterocycles. The molecule has 0 saturated carbocycles. The zero-order valence-corrected chi connectivity index (χ0v) is 9.77. The maximum Gasteiger partial charge on any atom is 0.225 e. The van der Waals surface area contributed by atoms with E-state index < -0.39 is 0 Å². The van der Waals surface area contributed by atoms with E-state index in [0.29, 0.717) is 17.8 Å². The number of amides is 1. The molecule has 0 unspecified atom stereocenters. The SMILES string of the molecule is O=C(CCc1ccccc1F)Nc1ccccn1. The smallest absolute Gasteiger partial charge is 0.225 e. The van der Waals surface area contributed by atoms with Gasteiger partial charge in [0.05, 0.1) is 0 Å². The zero-order chi connectivity index (χ0) is 12.8. The van der Waals surface area contributed by atoms with Crippen LogP contribution in [0, 0.1) is 5.82 Å². The second kappa shape index (κ2) is 5.91. The number of nitrogens with one attached hydrogen (secondary N) is 1. The second-order valence-electron chi connectivity index (χ2n) is 3.85. The van der Waals surface area contributed by atoms with Gasteiger partial charge < -0.3 is 5.32 Å². The lowest BCUT2D eigenvalue weighted by Crippen LogP contribution is -2.13. The van der Waals surface area contributed by atoms with Crippen LogP contribution in [-0.2, 0) is 11.2 Å². The molecule has 0 aliphatic rings. The van der Waals surface area contributed by atoms with Gasteiger partial charge in [-0.15, -0.1) is 0 Å². The standard InChI is InChI=1S/C14H13FN2O/c15-12-6-2-1-5-11(12)8-9-14(18)17-13-7-3-4-10-16-13/h1-7,10H,8-9H2,(H,16,17,18). The van der Waals surface area contributed by atoms with Gasteiger partial charge in [-0.25, -0.2) is 9.37 Å². The number of rotatable bonds is 4. The van der Waals surface area contributed by atoms with Gasteiger partial charge in [0.2, 0.25) is 5.91 Å². The van der Waals surface area contributed by atoms with Crippen LogP contribution in [0.25, 0.3) is 0 Å². The third-order valence-electron chi connectivity index (χ3n) is 2.51. The Kier molecular flexibility index (Phi) is 4.02. The van der Waals surface area contributed by atoms with E-state index in [9.17, 15) is 9.18 Å². The number of hydrogen-bond acceptors (Lipinski definition) is 2. The topological polar surface area (TPSA) is 42.0 Å². The number of aryl methyl sites for hydroxylation is 1. The Labute approximate surface area is 105 Å². The van der Waals surface area contributed by atoms with Crippen LogP contribution >= 0.6 is 0 Å². The van der Waals surface area contributed by atoms with Crippen molar-refractivity contribution in [1.82, 2.24) is 4.98 Å². The summed E-state index contributed by atoms with van der Waals surface area (Å²) in [6.07, 6.45) is 2.22. The molecule has 1 aromatic carbocycles. The molecule has 0 atom stereocenters. The van der Waals surface area contributed by atoms with Crippen molar-refractivity contribution in [1.29, 1.82) is 0 Å². The molecule has 18 heavy (non-hydrogen) atoms. The monoisotopic (exact) mass is 244 g/mol. The van der Waals surface area contributed by atoms with Crippen LogP contribution in [-0.4, -0.2) is 10.9 Å². The van der Waals surface area contributed by atoms with Crippen molar-refractivity contribution < 1.29 is 9.18 Å². The average Bonchev–Trinajstić information content (AvgIpc) is 2.39. The fraction of sp³-hybridized carbons (Fsp3) is 0.143. The van der Waals surface area contributed by atoms with Gasteiger partial charge in [-0.2, -0.15) is 0 Å². The van der Waals surface area contributed by atoms with Gasteiger partial charge in [-0.1, -0.05) is 24.3 Å². The fourth-order valence-electron chi connectivity index (χ4n) is 1.59. The first-order valence-electron chi connectivity index (χ1n) is 5.70. The number of carbonyl (C=O) groups is 1. The number of carbonyl (C=O) groups excluding carboxylic acids is 1. The van der Waals surface area contributed by atoms with Crippen molar-refractivity contribution in [2.24, 2.45) is 0 Å². The van der Waals surface area contributed by atoms with Gasteiger partial charge in [-0.3, -0.25) is 4.79 Å². The molecule has 0 fully saturated rings. The fourth-order valence-corrected chi connectivity index (χ4v) is 1.59. The Morgan fingerprint density at radius 2 is 1.94 bits per heavy atom. The molecule has 0 radical (unpaired) electrons. The van der Waals surface area contributed by atoms with Gasteiger partial charge in [0, 0.05) is 12.6 Å². The van der Waals surface area contributed by atoms with Crippen molar-refractivity contribution in [2.75, 3.05) is 5.32 Å². The molecule has 4 heteroatoms. The number of aromatic nitrogens is 1. The summed E-state index contributed by atoms with van der Waals surface area (Å²) in [7, 11) is 0. The zero-order valence-electron chi connectivity index (χ0n) is 9.77. The third kappa shape index (κ3) is 3.38. The van der Waals surface area contributed by atoms with Crippen molar-refractivity contribution >= 4 is 11.7 Å². The van der Waals surface area contributed by atoms with E-state index in [4.69, 9.17) is 0 Å². The van der Waals surface area contributed by atoms with Gasteiger partial charge in [0.1, 0.15) is 11.6 Å². The quantitative estimate of drug-likeness (QED) is 0.898. The maximum atomic E-state index is 13.3. The third-order valence-corrected chi connectivity index (χ3v) is 2.51. The van der Waals surface area contributed by atoms with Crippen LogP contribution in [0.4, 0.5) is 10.2 Å². The van der Waals surface area contributed by atoms with Crippen molar-refractivity contribution in [2.45, 2.75) is 12.8 Å². The molecule has 0 spiro atoms. The van der Waals surface area contributed by atoms with Crippen LogP contribution in [0.15, 0.2) is 48.7 Å². The van der Waals surface area contributed by atoms with E-state index in [1.807, 2.05) is 0 Å². The van der Waals surface area contributed by atoms with Crippen LogP contribution in [0.2, 0.25) is 0 Å². The number of anilines is 1. The normalized spacial score (nSPS) is 10.1. The number of halogens is 1. The minimum absolute atomic E-state index is 0.169. The molecule has 92 valence electrons. The molecule has 3 nitrogen and oxygen atoms in total. The van der Waals surface area contributed by atoms with E-state index in [1.165, 1.54) is 6.07 Å². The van der Waals surface area contributed by atoms with Gasteiger partial charge >= 0.3 is 0 Å². The van der Waals surface area contributed by atoms with E-state index in [-0.39, 0.29) is 18.1 Å². The largest absolute Gasteiger partial charge is 0.311 e. The molecule has 2 rings (SSSR count). The molecule has 0 bridgehead atoms. The summed E-state index contributed by atoms with van der Waals surface area (Å²) in [4.78, 5) is 15.6. The maximum absolute atomic E-state index is 13.3. The van der Waals surface area contributed by atoms with Crippen molar-refractivity contribution in [3.8, 4) is 0 Å². The highest BCUT2D eigenvalue weighted by Gasteiger charge is 2.06. The first-order valence-corrected chi connectivity index (χ1v) is 5.70. The summed E-state index contributed by atoms with van der Waals surface area (Å²) in [6, 6.07) is 11.7. The van der Waals surface area contributed by atoms with E-state index >= 15 is 0 Å². The molecule has 0 aliphatic heterocycles. The lowest BCUT2D eigenvalue weighted by Gasteiger charge is -2.04. The minimum atomic E-state index is -0.275. The Hall–Kier alpha value is -2.23. The molecule has 1 N–H and O–H groups in total. The average molecular weight is 244 g/mol. The molecule has 0 aliphatic carbocycles. The van der Waals surface area contributed by atoms with Crippen LogP contribution in [0.5, 0.6) is 0 Å². The highest BCUT2D eigenvalue weighted by Crippen LogP contribution is 2.09. The number of nitrogens with zero attached hydrogens (tertiary/aromatic N) is 1. The summed E-state index contributed by atoms with van der Waals surface area (Å²) in [5.41, 5.74) is 0.550. The first-order chi connectivity index (χ1) is 8.75. The molecule has 0 saturated heterocycles. The predicted octanol–water partition coefficient (Wildman–Crippen LogP) is 2.79. The van der Waals surface area contributed by atoms with Crippen LogP contribution in [0.1, 0.15) is 12.0 Å². The molecular formula is C14H13FN2O. The highest BCUT2D eigenvalue weighted by atomic mass is 19.1. The summed E-state index contributed by atoms with van der Waals surface area (Å²) < 4.78 is 13.3. The van der Waals surface area contributed by atoms with Gasteiger partial charge in [0.15, 0.2) is 0 Å². The summed E-state index contributed by atoms with van der Waals surface area (Å²) in [6.45, 7) is 0. The molecule has 1 aromatic heterocycles. The molecule has 1 amide bonds. The highest BCUT2D eigenvalue weighted by molar-refractivity contribution is 5.89. The lowest BCUT2D eigenvalue weighted by molar-refractivity contribution is -0.116. The van der Waals surface area contributed by atoms with E-state index in [1.54, 1.807) is 42.6 Å². The van der Waals surface area contributed by atoms with E-state index in [0.717, 1.165) is 0 Å². The summed E-state index contributed by atoms with van der Waals surface area (Å²) in [5, 5.41) is 2.66. The second-order valence-corrected chi connectivity index (χ2v) is 3.85. The lowest BCUT2D eigenvalue weighted by atomic mass is 10.1. The number of benzene rings is 1. The summed E-state index contributed by atoms with van der Waals surface area (Å²) >= 11 is 0. The Morgan fingerprint density at radius 1 is 1.17 bits per heavy atom. The first kappa shape index (κ1) is 12.2. The van der Waals surface area contributed by atoms with Gasteiger partial charge in [0.25, 0.3) is 0 Å². The van der Waals surface area contributed by atoms with E-state index in [2.05, 4.69) is 10.3 Å². The van der Waals surface area contributed by atoms with Crippen molar-refractivity contribution in [3.63, 3.8) is 0 Å². The Morgan fingerprint density at radius 3 is 2.67 bits per heavy atom. The molecule has 2 aromatic rings. The molecular weight excluding hydrogens is 231 g/mol. The minimum Gasteiger partial charge on any atom is -0.311 e. The number of pyridine rings is 1. The van der Waals surface area contributed by atoms with Gasteiger partial charge in [-0.05, 0) is 30.2 Å². The van der Waals surface area contributed by atoms with Crippen LogP contribution < -0.4 is 5.32 Å². The predicted molar refractivity (Wildman–Crippen MR) is 67.6 cm³/mol. The Bertz CT molecular complexity index is 528. The Balaban J connectivity index is 1.88. The van der Waals surface area contributed by atoms with Crippen molar-refractivity contribution in [3.05, 3.63) is 60.0 Å². The van der Waals surface area contributed by atoms with Crippen LogP contribution in [0.3, 0.4) is 0 Å². The summed E-state index contributed by atoms with van der Waals surface area (Å²) in [5.74, 6) is 0.0659.